The zero-order valence-electron chi connectivity index (χ0n) is 23.0. The van der Waals surface area contributed by atoms with Crippen LogP contribution in [0.25, 0.3) is 11.3 Å². The average molecular weight is 514 g/mol. The van der Waals surface area contributed by atoms with E-state index in [1.807, 2.05) is 0 Å². The Hall–Kier alpha value is -1.47. The SMILES string of the molecule is CCC1(CC)CCC(CC)(CC)c2cc(-c3nc(N4CCN(CCCCO)CC4)sc3CO)ccc21. The van der Waals surface area contributed by atoms with Crippen molar-refractivity contribution in [2.75, 3.05) is 44.2 Å². The minimum atomic E-state index is 0.0335. The van der Waals surface area contributed by atoms with Gasteiger partial charge in [0, 0.05) is 38.3 Å². The van der Waals surface area contributed by atoms with Gasteiger partial charge in [0.15, 0.2) is 5.13 Å². The number of fused-ring (bicyclic) bond motifs is 1. The van der Waals surface area contributed by atoms with Gasteiger partial charge in [-0.1, -0.05) is 51.2 Å². The van der Waals surface area contributed by atoms with Crippen molar-refractivity contribution in [2.24, 2.45) is 0 Å². The lowest BCUT2D eigenvalue weighted by atomic mass is 9.57. The lowest BCUT2D eigenvalue weighted by molar-refractivity contribution is 0.232. The molecule has 36 heavy (non-hydrogen) atoms. The molecule has 1 aliphatic carbocycles. The highest BCUT2D eigenvalue weighted by Crippen LogP contribution is 2.53. The molecule has 1 aromatic carbocycles. The summed E-state index contributed by atoms with van der Waals surface area (Å²) in [6.45, 7) is 14.8. The molecule has 1 aromatic heterocycles. The van der Waals surface area contributed by atoms with Crippen LogP contribution in [0.4, 0.5) is 5.13 Å². The molecule has 2 heterocycles. The van der Waals surface area contributed by atoms with Crippen molar-refractivity contribution >= 4 is 16.5 Å². The smallest absolute Gasteiger partial charge is 0.186 e. The van der Waals surface area contributed by atoms with E-state index < -0.39 is 0 Å². The first-order valence-corrected chi connectivity index (χ1v) is 15.2. The first kappa shape index (κ1) is 27.6. The fourth-order valence-corrected chi connectivity index (χ4v) is 7.72. The number of anilines is 1. The molecule has 2 aromatic rings. The molecule has 0 radical (unpaired) electrons. The zero-order chi connectivity index (χ0) is 25.8. The Morgan fingerprint density at radius 2 is 1.50 bits per heavy atom. The number of aliphatic hydroxyl groups excluding tert-OH is 2. The number of unbranched alkanes of at least 4 members (excludes halogenated alkanes) is 1. The molecular weight excluding hydrogens is 466 g/mol. The van der Waals surface area contributed by atoms with Crippen molar-refractivity contribution in [1.29, 1.82) is 0 Å². The number of nitrogens with zero attached hydrogens (tertiary/aromatic N) is 3. The predicted octanol–water partition coefficient (Wildman–Crippen LogP) is 6.11. The molecule has 0 atom stereocenters. The maximum atomic E-state index is 10.3. The van der Waals surface area contributed by atoms with Gasteiger partial charge in [0.1, 0.15) is 0 Å². The average Bonchev–Trinajstić information content (AvgIpc) is 3.37. The van der Waals surface area contributed by atoms with Crippen molar-refractivity contribution in [3.05, 3.63) is 34.2 Å². The molecule has 0 saturated carbocycles. The molecule has 1 fully saturated rings. The predicted molar refractivity (Wildman–Crippen MR) is 152 cm³/mol. The van der Waals surface area contributed by atoms with Gasteiger partial charge < -0.3 is 15.1 Å². The summed E-state index contributed by atoms with van der Waals surface area (Å²) in [6.07, 6.45) is 9.19. The Bertz CT molecular complexity index is 988. The second-order valence-corrected chi connectivity index (χ2v) is 12.0. The van der Waals surface area contributed by atoms with Crippen LogP contribution in [0.15, 0.2) is 18.2 Å². The monoisotopic (exact) mass is 513 g/mol. The van der Waals surface area contributed by atoms with E-state index in [2.05, 4.69) is 55.7 Å². The van der Waals surface area contributed by atoms with E-state index in [4.69, 9.17) is 10.1 Å². The second kappa shape index (κ2) is 11.9. The number of thiazole rings is 1. The normalized spacial score (nSPS) is 19.4. The number of aliphatic hydroxyl groups is 2. The van der Waals surface area contributed by atoms with Crippen LogP contribution in [-0.4, -0.2) is 59.4 Å². The number of rotatable bonds is 11. The van der Waals surface area contributed by atoms with Crippen LogP contribution in [0.1, 0.15) is 95.1 Å². The van der Waals surface area contributed by atoms with Crippen LogP contribution in [0.5, 0.6) is 0 Å². The third-order valence-electron chi connectivity index (χ3n) is 9.58. The van der Waals surface area contributed by atoms with Crippen molar-refractivity contribution in [3.8, 4) is 11.3 Å². The maximum Gasteiger partial charge on any atom is 0.186 e. The Balaban J connectivity index is 1.63. The van der Waals surface area contributed by atoms with Crippen LogP contribution in [0.3, 0.4) is 0 Å². The lowest BCUT2D eigenvalue weighted by Gasteiger charge is -2.48. The summed E-state index contributed by atoms with van der Waals surface area (Å²) in [7, 11) is 0. The van der Waals surface area contributed by atoms with E-state index >= 15 is 0 Å². The third-order valence-corrected chi connectivity index (χ3v) is 10.7. The fraction of sp³-hybridized carbons (Fsp3) is 0.700. The molecule has 1 aliphatic heterocycles. The minimum Gasteiger partial charge on any atom is -0.396 e. The summed E-state index contributed by atoms with van der Waals surface area (Å²) in [5.41, 5.74) is 5.75. The van der Waals surface area contributed by atoms with E-state index in [1.165, 1.54) is 44.1 Å². The van der Waals surface area contributed by atoms with Crippen LogP contribution in [0, 0.1) is 0 Å². The van der Waals surface area contributed by atoms with Crippen molar-refractivity contribution < 1.29 is 10.2 Å². The molecule has 2 aliphatic rings. The molecule has 5 nitrogen and oxygen atoms in total. The standard InChI is InChI=1S/C30H47N3O2S/c1-5-29(6-2)13-14-30(7-3,8-4)25-21-23(11-12-24(25)29)27-26(22-35)36-28(31-27)33-18-16-32(17-19-33)15-9-10-20-34/h11-12,21,34-35H,5-10,13-20,22H2,1-4H3. The highest BCUT2D eigenvalue weighted by molar-refractivity contribution is 7.16. The van der Waals surface area contributed by atoms with Gasteiger partial charge in [0.2, 0.25) is 0 Å². The molecule has 2 N–H and O–H groups in total. The molecular formula is C30H47N3O2S. The Morgan fingerprint density at radius 3 is 2.08 bits per heavy atom. The van der Waals surface area contributed by atoms with Gasteiger partial charge >= 0.3 is 0 Å². The summed E-state index contributed by atoms with van der Waals surface area (Å²) in [5, 5.41) is 20.4. The molecule has 6 heteroatoms. The number of aromatic nitrogens is 1. The first-order chi connectivity index (χ1) is 17.5. The summed E-state index contributed by atoms with van der Waals surface area (Å²) >= 11 is 1.65. The topological polar surface area (TPSA) is 59.8 Å². The molecule has 0 unspecified atom stereocenters. The molecule has 0 amide bonds. The minimum absolute atomic E-state index is 0.0335. The van der Waals surface area contributed by atoms with E-state index in [9.17, 15) is 5.11 Å². The van der Waals surface area contributed by atoms with Gasteiger partial charge in [-0.25, -0.2) is 4.98 Å². The van der Waals surface area contributed by atoms with Crippen LogP contribution >= 0.6 is 11.3 Å². The summed E-state index contributed by atoms with van der Waals surface area (Å²) in [5.74, 6) is 0. The summed E-state index contributed by atoms with van der Waals surface area (Å²) in [6, 6.07) is 7.12. The van der Waals surface area contributed by atoms with Crippen molar-refractivity contribution in [1.82, 2.24) is 9.88 Å². The number of benzene rings is 1. The van der Waals surface area contributed by atoms with Gasteiger partial charge in [-0.05, 0) is 85.9 Å². The number of piperazine rings is 1. The van der Waals surface area contributed by atoms with Crippen molar-refractivity contribution in [2.45, 2.75) is 96.5 Å². The highest BCUT2D eigenvalue weighted by Gasteiger charge is 2.43. The highest BCUT2D eigenvalue weighted by atomic mass is 32.1. The van der Waals surface area contributed by atoms with Gasteiger partial charge in [-0.2, -0.15) is 0 Å². The second-order valence-electron chi connectivity index (χ2n) is 10.9. The first-order valence-electron chi connectivity index (χ1n) is 14.3. The number of hydrogen-bond acceptors (Lipinski definition) is 6. The Labute approximate surface area is 222 Å². The van der Waals surface area contributed by atoms with Gasteiger partial charge in [-0.15, -0.1) is 0 Å². The van der Waals surface area contributed by atoms with Crippen molar-refractivity contribution in [3.63, 3.8) is 0 Å². The third kappa shape index (κ3) is 5.11. The fourth-order valence-electron chi connectivity index (χ4n) is 6.73. The van der Waals surface area contributed by atoms with Crippen LogP contribution in [0.2, 0.25) is 0 Å². The van der Waals surface area contributed by atoms with Gasteiger partial charge in [0.25, 0.3) is 0 Å². The van der Waals surface area contributed by atoms with E-state index in [1.54, 1.807) is 16.9 Å². The number of hydrogen-bond donors (Lipinski definition) is 2. The molecule has 0 bridgehead atoms. The molecule has 200 valence electrons. The molecule has 1 saturated heterocycles. The largest absolute Gasteiger partial charge is 0.396 e. The Morgan fingerprint density at radius 1 is 0.861 bits per heavy atom. The van der Waals surface area contributed by atoms with Crippen LogP contribution < -0.4 is 4.90 Å². The van der Waals surface area contributed by atoms with Gasteiger partial charge in [-0.3, -0.25) is 4.90 Å². The lowest BCUT2D eigenvalue weighted by Crippen LogP contribution is -2.46. The molecule has 0 spiro atoms. The van der Waals surface area contributed by atoms with E-state index in [0.717, 1.165) is 66.8 Å². The van der Waals surface area contributed by atoms with E-state index in [0.29, 0.717) is 0 Å². The summed E-state index contributed by atoms with van der Waals surface area (Å²) < 4.78 is 0. The Kier molecular flexibility index (Phi) is 9.14. The maximum absolute atomic E-state index is 10.3. The zero-order valence-corrected chi connectivity index (χ0v) is 23.8. The van der Waals surface area contributed by atoms with Crippen LogP contribution in [-0.2, 0) is 17.4 Å². The summed E-state index contributed by atoms with van der Waals surface area (Å²) in [4.78, 5) is 11.0. The van der Waals surface area contributed by atoms with E-state index in [-0.39, 0.29) is 24.0 Å². The van der Waals surface area contributed by atoms with Gasteiger partial charge in [0.05, 0.1) is 17.2 Å². The quantitative estimate of drug-likeness (QED) is 0.355. The molecule has 4 rings (SSSR count).